The topological polar surface area (TPSA) is 32.6 Å². The lowest BCUT2D eigenvalue weighted by Crippen LogP contribution is -2.15. The molecule has 13 heavy (non-hydrogen) atoms. The number of aliphatic hydroxyl groups excluding tert-OH is 1. The Balaban J connectivity index is 4.32. The minimum Gasteiger partial charge on any atom is -0.511 e. The van der Waals surface area contributed by atoms with Crippen molar-refractivity contribution in [1.82, 2.24) is 0 Å². The molecule has 0 rings (SSSR count). The molecule has 2 atom stereocenters. The minimum atomic E-state index is 0.260. The van der Waals surface area contributed by atoms with Gasteiger partial charge in [0.15, 0.2) is 0 Å². The molecule has 0 amide bonds. The lowest BCUT2D eigenvalue weighted by Gasteiger charge is -2.17. The smallest absolute Gasteiger partial charge is 0.107 e. The van der Waals surface area contributed by atoms with Gasteiger partial charge in [0.25, 0.3) is 0 Å². The van der Waals surface area contributed by atoms with E-state index in [-0.39, 0.29) is 5.76 Å². The van der Waals surface area contributed by atoms with Crippen molar-refractivity contribution in [2.45, 2.75) is 41.0 Å². The summed E-state index contributed by atoms with van der Waals surface area (Å²) in [6.45, 7) is 10.2. The molecule has 1 N–H and O–H groups in total. The molecule has 0 bridgehead atoms. The van der Waals surface area contributed by atoms with Crippen LogP contribution in [0.25, 0.3) is 0 Å². The van der Waals surface area contributed by atoms with E-state index in [4.69, 9.17) is 5.11 Å². The molecule has 0 saturated carbocycles. The van der Waals surface area contributed by atoms with E-state index < -0.39 is 0 Å². The summed E-state index contributed by atoms with van der Waals surface area (Å²) in [5.41, 5.74) is 1.09. The number of aliphatic imine (C=N–C) groups is 1. The number of hydrogen-bond donors (Lipinski definition) is 1. The fourth-order valence-electron chi connectivity index (χ4n) is 1.08. The van der Waals surface area contributed by atoms with Crippen LogP contribution in [0.2, 0.25) is 0 Å². The number of aliphatic hydroxyl groups is 1. The maximum atomic E-state index is 8.93. The first-order valence-electron chi connectivity index (χ1n) is 4.89. The molecule has 0 radical (unpaired) electrons. The van der Waals surface area contributed by atoms with Gasteiger partial charge in [0.2, 0.25) is 0 Å². The van der Waals surface area contributed by atoms with E-state index in [1.165, 1.54) is 6.20 Å². The number of nitrogens with zero attached hydrogens (tertiary/aromatic N) is 1. The van der Waals surface area contributed by atoms with Crippen molar-refractivity contribution in [3.05, 3.63) is 12.0 Å². The van der Waals surface area contributed by atoms with Gasteiger partial charge in [-0.25, -0.2) is 0 Å². The van der Waals surface area contributed by atoms with E-state index in [0.29, 0.717) is 11.8 Å². The normalized spacial score (nSPS) is 18.5. The maximum Gasteiger partial charge on any atom is 0.107 e. The zero-order valence-corrected chi connectivity index (χ0v) is 9.33. The summed E-state index contributed by atoms with van der Waals surface area (Å²) in [7, 11) is 0. The van der Waals surface area contributed by atoms with Gasteiger partial charge >= 0.3 is 0 Å². The van der Waals surface area contributed by atoms with Crippen LogP contribution in [0.1, 0.15) is 41.0 Å². The molecule has 2 heteroatoms. The van der Waals surface area contributed by atoms with E-state index in [0.717, 1.165) is 12.1 Å². The zero-order valence-electron chi connectivity index (χ0n) is 9.33. The Kier molecular flexibility index (Phi) is 5.44. The van der Waals surface area contributed by atoms with Crippen molar-refractivity contribution < 1.29 is 5.11 Å². The molecule has 0 aliphatic rings. The average Bonchev–Trinajstić information content (AvgIpc) is 2.11. The largest absolute Gasteiger partial charge is 0.511 e. The fourth-order valence-corrected chi connectivity index (χ4v) is 1.08. The van der Waals surface area contributed by atoms with E-state index in [1.54, 1.807) is 6.92 Å². The first-order valence-corrected chi connectivity index (χ1v) is 4.89. The summed E-state index contributed by atoms with van der Waals surface area (Å²) in [5.74, 6) is 1.40. The Morgan fingerprint density at radius 3 is 2.31 bits per heavy atom. The van der Waals surface area contributed by atoms with Crippen LogP contribution in [0, 0.1) is 11.8 Å². The van der Waals surface area contributed by atoms with Crippen LogP contribution < -0.4 is 0 Å². The predicted molar refractivity (Wildman–Crippen MR) is 58.1 cm³/mol. The SMILES string of the molecule is CCC(C)C(C)C(C)=N/C=C(/C)O. The summed E-state index contributed by atoms with van der Waals surface area (Å²) in [6.07, 6.45) is 2.67. The van der Waals surface area contributed by atoms with E-state index in [2.05, 4.69) is 25.8 Å². The van der Waals surface area contributed by atoms with Crippen molar-refractivity contribution in [3.63, 3.8) is 0 Å². The second kappa shape index (κ2) is 5.79. The average molecular weight is 183 g/mol. The zero-order chi connectivity index (χ0) is 10.4. The Bertz CT molecular complexity index is 202. The van der Waals surface area contributed by atoms with Crippen molar-refractivity contribution in [2.75, 3.05) is 0 Å². The fraction of sp³-hybridized carbons (Fsp3) is 0.727. The van der Waals surface area contributed by atoms with Gasteiger partial charge < -0.3 is 5.11 Å². The highest BCUT2D eigenvalue weighted by Gasteiger charge is 2.12. The molecule has 0 spiro atoms. The monoisotopic (exact) mass is 183 g/mol. The molecule has 2 nitrogen and oxygen atoms in total. The van der Waals surface area contributed by atoms with Crippen LogP contribution in [0.3, 0.4) is 0 Å². The highest BCUT2D eigenvalue weighted by molar-refractivity contribution is 5.84. The van der Waals surface area contributed by atoms with Crippen LogP contribution >= 0.6 is 0 Å². The van der Waals surface area contributed by atoms with Crippen LogP contribution in [0.15, 0.2) is 17.0 Å². The van der Waals surface area contributed by atoms with Gasteiger partial charge in [-0.2, -0.15) is 0 Å². The van der Waals surface area contributed by atoms with E-state index in [1.807, 2.05) is 6.92 Å². The summed E-state index contributed by atoms with van der Waals surface area (Å²) in [4.78, 5) is 4.20. The molecule has 0 aromatic rings. The maximum absolute atomic E-state index is 8.93. The molecule has 2 unspecified atom stereocenters. The molecular formula is C11H21NO. The Morgan fingerprint density at radius 2 is 1.92 bits per heavy atom. The van der Waals surface area contributed by atoms with Gasteiger partial charge in [0.05, 0.1) is 6.20 Å². The molecule has 0 aromatic heterocycles. The highest BCUT2D eigenvalue weighted by atomic mass is 16.3. The van der Waals surface area contributed by atoms with Gasteiger partial charge in [-0.1, -0.05) is 27.2 Å². The molecule has 0 fully saturated rings. The number of rotatable bonds is 4. The van der Waals surface area contributed by atoms with Crippen molar-refractivity contribution >= 4 is 5.71 Å². The standard InChI is InChI=1S/C11H21NO/c1-6-8(2)10(4)11(5)12-7-9(3)13/h7-8,10,13H,6H2,1-5H3/b9-7-,12-11?. The summed E-state index contributed by atoms with van der Waals surface area (Å²) in [5, 5.41) is 8.93. The third-order valence-electron chi connectivity index (χ3n) is 2.61. The van der Waals surface area contributed by atoms with E-state index in [9.17, 15) is 0 Å². The quantitative estimate of drug-likeness (QED) is 0.524. The summed E-state index contributed by atoms with van der Waals surface area (Å²) >= 11 is 0. The van der Waals surface area contributed by atoms with Gasteiger partial charge in [-0.15, -0.1) is 0 Å². The van der Waals surface area contributed by atoms with Crippen LogP contribution in [0.4, 0.5) is 0 Å². The Labute approximate surface area is 81.4 Å². The first kappa shape index (κ1) is 12.2. The molecule has 0 aliphatic heterocycles. The number of hydrogen-bond acceptors (Lipinski definition) is 2. The predicted octanol–water partition coefficient (Wildman–Crippen LogP) is 3.55. The second-order valence-electron chi connectivity index (χ2n) is 3.72. The van der Waals surface area contributed by atoms with E-state index >= 15 is 0 Å². The lowest BCUT2D eigenvalue weighted by atomic mass is 9.90. The summed E-state index contributed by atoms with van der Waals surface area (Å²) in [6, 6.07) is 0. The first-order chi connectivity index (χ1) is 5.99. The van der Waals surface area contributed by atoms with Gasteiger partial charge in [0, 0.05) is 5.71 Å². The van der Waals surface area contributed by atoms with Crippen molar-refractivity contribution in [1.29, 1.82) is 0 Å². The third-order valence-corrected chi connectivity index (χ3v) is 2.61. The highest BCUT2D eigenvalue weighted by Crippen LogP contribution is 2.16. The number of allylic oxidation sites excluding steroid dienone is 1. The van der Waals surface area contributed by atoms with Crippen molar-refractivity contribution in [3.8, 4) is 0 Å². The molecule has 0 heterocycles. The second-order valence-corrected chi connectivity index (χ2v) is 3.72. The molecule has 0 aliphatic carbocycles. The van der Waals surface area contributed by atoms with Gasteiger partial charge in [-0.3, -0.25) is 4.99 Å². The van der Waals surface area contributed by atoms with Crippen LogP contribution in [0.5, 0.6) is 0 Å². The van der Waals surface area contributed by atoms with Crippen LogP contribution in [-0.2, 0) is 0 Å². The molecule has 0 aromatic carbocycles. The van der Waals surface area contributed by atoms with Crippen LogP contribution in [-0.4, -0.2) is 10.8 Å². The van der Waals surface area contributed by atoms with Gasteiger partial charge in [0.1, 0.15) is 5.76 Å². The minimum absolute atomic E-state index is 0.260. The lowest BCUT2D eigenvalue weighted by molar-refractivity contribution is 0.412. The Hall–Kier alpha value is -0.790. The molecule has 76 valence electrons. The molecular weight excluding hydrogens is 162 g/mol. The Morgan fingerprint density at radius 1 is 1.38 bits per heavy atom. The summed E-state index contributed by atoms with van der Waals surface area (Å²) < 4.78 is 0. The third kappa shape index (κ3) is 4.71. The molecule has 0 saturated heterocycles. The van der Waals surface area contributed by atoms with Gasteiger partial charge in [-0.05, 0) is 25.7 Å². The van der Waals surface area contributed by atoms with Crippen molar-refractivity contribution in [2.24, 2.45) is 16.8 Å².